The highest BCUT2D eigenvalue weighted by molar-refractivity contribution is 6.09. The molecular formula is C29H33N5O5. The van der Waals surface area contributed by atoms with E-state index < -0.39 is 23.6 Å². The van der Waals surface area contributed by atoms with Crippen LogP contribution in [0.5, 0.6) is 0 Å². The molecule has 4 heterocycles. The number of carbonyl (C=O) groups is 2. The van der Waals surface area contributed by atoms with E-state index in [2.05, 4.69) is 15.5 Å². The van der Waals surface area contributed by atoms with Gasteiger partial charge in [0.25, 0.3) is 11.5 Å². The first-order valence-corrected chi connectivity index (χ1v) is 13.1. The maximum absolute atomic E-state index is 13.8. The Morgan fingerprint density at radius 2 is 1.90 bits per heavy atom. The zero-order valence-electron chi connectivity index (χ0n) is 22.7. The van der Waals surface area contributed by atoms with Gasteiger partial charge in [0.2, 0.25) is 5.91 Å². The minimum atomic E-state index is -1.14. The van der Waals surface area contributed by atoms with Gasteiger partial charge in [0.05, 0.1) is 23.5 Å². The molecule has 204 valence electrons. The van der Waals surface area contributed by atoms with Gasteiger partial charge >= 0.3 is 0 Å². The van der Waals surface area contributed by atoms with Crippen LogP contribution in [-0.2, 0) is 22.2 Å². The van der Waals surface area contributed by atoms with Gasteiger partial charge < -0.3 is 24.4 Å². The van der Waals surface area contributed by atoms with E-state index in [1.54, 1.807) is 42.5 Å². The summed E-state index contributed by atoms with van der Waals surface area (Å²) in [6.07, 6.45) is -0.478. The molecule has 1 fully saturated rings. The zero-order chi connectivity index (χ0) is 28.1. The van der Waals surface area contributed by atoms with Gasteiger partial charge in [-0.25, -0.2) is 0 Å². The second-order valence-corrected chi connectivity index (χ2v) is 10.9. The lowest BCUT2D eigenvalue weighted by molar-refractivity contribution is -0.134. The first kappa shape index (κ1) is 26.6. The monoisotopic (exact) mass is 531 g/mol. The SMILES string of the molecule is Cc1cc([C@@H](C(=O)N2C[C@H](O)C[C@@H]2C2=NC(=O)[C@](C)(c3ccc(-c4cccc(=O)n4C)cc3)N2)C(C)C)on1. The number of amides is 2. The molecule has 2 aliphatic heterocycles. The third-order valence-electron chi connectivity index (χ3n) is 7.73. The smallest absolute Gasteiger partial charge is 0.277 e. The lowest BCUT2D eigenvalue weighted by atomic mass is 9.90. The topological polar surface area (TPSA) is 130 Å². The molecule has 4 atom stereocenters. The highest BCUT2D eigenvalue weighted by atomic mass is 16.5. The van der Waals surface area contributed by atoms with Crippen LogP contribution >= 0.6 is 0 Å². The summed E-state index contributed by atoms with van der Waals surface area (Å²) in [5, 5.41) is 17.8. The first-order valence-electron chi connectivity index (χ1n) is 13.1. The standard InChI is InChI=1S/C29H33N5O5/c1-16(2)25(23-13-17(3)32-39-23)27(37)34-15-20(35)14-22(34)26-30-28(38)29(4,31-26)19-11-9-18(10-12-19)21-7-6-8-24(36)33(21)5/h6-13,16,20,22,25,35H,14-15H2,1-5H3,(H,30,31,38)/t20-,22-,25+,29+/m1/s1. The number of aliphatic hydroxyl groups excluding tert-OH is 1. The molecule has 1 aromatic carbocycles. The second-order valence-electron chi connectivity index (χ2n) is 10.9. The van der Waals surface area contributed by atoms with E-state index in [9.17, 15) is 19.5 Å². The molecule has 0 aliphatic carbocycles. The van der Waals surface area contributed by atoms with Gasteiger partial charge in [0.15, 0.2) is 0 Å². The van der Waals surface area contributed by atoms with Crippen LogP contribution in [0.3, 0.4) is 0 Å². The summed E-state index contributed by atoms with van der Waals surface area (Å²) in [7, 11) is 1.71. The maximum Gasteiger partial charge on any atom is 0.277 e. The molecule has 0 spiro atoms. The van der Waals surface area contributed by atoms with Crippen molar-refractivity contribution in [3.63, 3.8) is 0 Å². The van der Waals surface area contributed by atoms with Crippen LogP contribution in [-0.4, -0.2) is 56.1 Å². The number of nitrogens with zero attached hydrogens (tertiary/aromatic N) is 4. The van der Waals surface area contributed by atoms with Crippen molar-refractivity contribution >= 4 is 17.6 Å². The Morgan fingerprint density at radius 3 is 2.54 bits per heavy atom. The van der Waals surface area contributed by atoms with Crippen LogP contribution < -0.4 is 10.9 Å². The molecule has 2 aromatic heterocycles. The van der Waals surface area contributed by atoms with Crippen molar-refractivity contribution in [3.8, 4) is 11.3 Å². The molecule has 3 aromatic rings. The van der Waals surface area contributed by atoms with E-state index in [-0.39, 0.29) is 36.3 Å². The summed E-state index contributed by atoms with van der Waals surface area (Å²) in [5.41, 5.74) is 1.74. The van der Waals surface area contributed by atoms with Crippen LogP contribution in [0.2, 0.25) is 0 Å². The highest BCUT2D eigenvalue weighted by Crippen LogP contribution is 2.34. The fraction of sp³-hybridized carbons (Fsp3) is 0.414. The fourth-order valence-corrected chi connectivity index (χ4v) is 5.50. The van der Waals surface area contributed by atoms with E-state index >= 15 is 0 Å². The molecule has 1 saturated heterocycles. The molecule has 5 rings (SSSR count). The maximum atomic E-state index is 13.8. The highest BCUT2D eigenvalue weighted by Gasteiger charge is 2.48. The Morgan fingerprint density at radius 1 is 1.18 bits per heavy atom. The van der Waals surface area contributed by atoms with Gasteiger partial charge in [-0.3, -0.25) is 14.4 Å². The zero-order valence-corrected chi connectivity index (χ0v) is 22.7. The largest absolute Gasteiger partial charge is 0.391 e. The average molecular weight is 532 g/mol. The number of benzene rings is 1. The van der Waals surface area contributed by atoms with Crippen molar-refractivity contribution in [2.24, 2.45) is 18.0 Å². The van der Waals surface area contributed by atoms with Gasteiger partial charge in [0, 0.05) is 32.1 Å². The number of aliphatic hydroxyl groups is 1. The Hall–Kier alpha value is -4.05. The number of amidine groups is 1. The summed E-state index contributed by atoms with van der Waals surface area (Å²) in [6.45, 7) is 7.56. The second kappa shape index (κ2) is 9.92. The predicted molar refractivity (Wildman–Crippen MR) is 145 cm³/mol. The van der Waals surface area contributed by atoms with Crippen molar-refractivity contribution in [2.75, 3.05) is 6.54 Å². The van der Waals surface area contributed by atoms with Gasteiger partial charge in [-0.05, 0) is 37.0 Å². The quantitative estimate of drug-likeness (QED) is 0.500. The molecule has 0 bridgehead atoms. The number of β-amino-alcohol motifs (C(OH)–C–C–N with tert-alkyl or cyclic N) is 1. The summed E-state index contributed by atoms with van der Waals surface area (Å²) in [5.74, 6) is -0.395. The lowest BCUT2D eigenvalue weighted by Crippen LogP contribution is -2.51. The number of pyridine rings is 1. The van der Waals surface area contributed by atoms with Crippen molar-refractivity contribution < 1.29 is 19.2 Å². The van der Waals surface area contributed by atoms with Crippen molar-refractivity contribution in [1.82, 2.24) is 19.9 Å². The van der Waals surface area contributed by atoms with E-state index in [1.165, 1.54) is 6.07 Å². The number of likely N-dealkylation sites (tertiary alicyclic amines) is 1. The van der Waals surface area contributed by atoms with Crippen molar-refractivity contribution in [1.29, 1.82) is 0 Å². The van der Waals surface area contributed by atoms with Gasteiger partial charge in [-0.15, -0.1) is 0 Å². The number of rotatable bonds is 6. The van der Waals surface area contributed by atoms with Crippen molar-refractivity contribution in [2.45, 2.75) is 57.7 Å². The predicted octanol–water partition coefficient (Wildman–Crippen LogP) is 2.49. The number of aliphatic imine (C=N–C) groups is 1. The molecule has 2 aliphatic rings. The minimum Gasteiger partial charge on any atom is -0.391 e. The number of carbonyl (C=O) groups excluding carboxylic acids is 2. The number of aryl methyl sites for hydroxylation is 1. The van der Waals surface area contributed by atoms with Crippen molar-refractivity contribution in [3.05, 3.63) is 75.9 Å². The summed E-state index contributed by atoms with van der Waals surface area (Å²) in [6, 6.07) is 13.7. The summed E-state index contributed by atoms with van der Waals surface area (Å²) in [4.78, 5) is 45.0. The molecule has 2 amide bonds. The fourth-order valence-electron chi connectivity index (χ4n) is 5.50. The van der Waals surface area contributed by atoms with Gasteiger partial charge in [0.1, 0.15) is 23.1 Å². The molecule has 0 unspecified atom stereocenters. The first-order chi connectivity index (χ1) is 18.5. The number of hydrogen-bond acceptors (Lipinski definition) is 7. The van der Waals surface area contributed by atoms with E-state index in [4.69, 9.17) is 4.52 Å². The summed E-state index contributed by atoms with van der Waals surface area (Å²) >= 11 is 0. The van der Waals surface area contributed by atoms with Gasteiger partial charge in [-0.1, -0.05) is 49.3 Å². The minimum absolute atomic E-state index is 0.0729. The molecule has 0 radical (unpaired) electrons. The number of nitrogens with one attached hydrogen (secondary N) is 1. The Labute approximate surface area is 226 Å². The van der Waals surface area contributed by atoms with Crippen LogP contribution in [0.15, 0.2) is 62.8 Å². The van der Waals surface area contributed by atoms with Crippen LogP contribution in [0.25, 0.3) is 11.3 Å². The lowest BCUT2D eigenvalue weighted by Gasteiger charge is -2.31. The molecule has 10 nitrogen and oxygen atoms in total. The number of aromatic nitrogens is 2. The van der Waals surface area contributed by atoms with Crippen LogP contribution in [0.1, 0.15) is 50.1 Å². The van der Waals surface area contributed by atoms with E-state index in [0.29, 0.717) is 22.9 Å². The molecule has 10 heteroatoms. The van der Waals surface area contributed by atoms with Gasteiger partial charge in [-0.2, -0.15) is 4.99 Å². The molecule has 0 saturated carbocycles. The number of hydrogen-bond donors (Lipinski definition) is 2. The Balaban J connectivity index is 1.40. The van der Waals surface area contributed by atoms with E-state index in [0.717, 1.165) is 11.3 Å². The Kier molecular flexibility index (Phi) is 6.76. The average Bonchev–Trinajstić information content (AvgIpc) is 3.58. The molecular weight excluding hydrogens is 498 g/mol. The molecule has 39 heavy (non-hydrogen) atoms. The third kappa shape index (κ3) is 4.69. The third-order valence-corrected chi connectivity index (χ3v) is 7.73. The van der Waals surface area contributed by atoms with E-state index in [1.807, 2.05) is 44.2 Å². The molecule has 2 N–H and O–H groups in total. The normalized spacial score (nSPS) is 23.7. The summed E-state index contributed by atoms with van der Waals surface area (Å²) < 4.78 is 7.01. The Bertz CT molecular complexity index is 1500. The van der Waals surface area contributed by atoms with Crippen LogP contribution in [0.4, 0.5) is 0 Å². The van der Waals surface area contributed by atoms with Crippen LogP contribution in [0, 0.1) is 12.8 Å².